The van der Waals surface area contributed by atoms with Crippen molar-refractivity contribution in [1.82, 2.24) is 19.8 Å². The first-order valence-electron chi connectivity index (χ1n) is 9.01. The maximum Gasteiger partial charge on any atom is 0.194 e. The Bertz CT molecular complexity index is 680. The number of imidazole rings is 1. The molecule has 2 heterocycles. The Morgan fingerprint density at radius 1 is 1.27 bits per heavy atom. The van der Waals surface area contributed by atoms with Gasteiger partial charge in [-0.3, -0.25) is 0 Å². The highest BCUT2D eigenvalue weighted by atomic mass is 127. The van der Waals surface area contributed by atoms with Gasteiger partial charge in [0.15, 0.2) is 5.96 Å². The lowest BCUT2D eigenvalue weighted by atomic mass is 10.1. The number of aliphatic imine (C=N–C) groups is 1. The Morgan fingerprint density at radius 2 is 2.00 bits per heavy atom. The predicted molar refractivity (Wildman–Crippen MR) is 115 cm³/mol. The van der Waals surface area contributed by atoms with Gasteiger partial charge in [0.2, 0.25) is 0 Å². The van der Waals surface area contributed by atoms with E-state index < -0.39 is 0 Å². The summed E-state index contributed by atoms with van der Waals surface area (Å²) < 4.78 is 2.14. The molecule has 6 nitrogen and oxygen atoms in total. The highest BCUT2D eigenvalue weighted by Crippen LogP contribution is 2.11. The average molecular weight is 469 g/mol. The van der Waals surface area contributed by atoms with E-state index in [1.807, 2.05) is 18.5 Å². The van der Waals surface area contributed by atoms with Crippen LogP contribution in [0.1, 0.15) is 31.2 Å². The first-order valence-corrected chi connectivity index (χ1v) is 9.01. The summed E-state index contributed by atoms with van der Waals surface area (Å²) in [5.74, 6) is 1.86. The number of guanidine groups is 1. The van der Waals surface area contributed by atoms with Crippen molar-refractivity contribution < 1.29 is 5.11 Å². The van der Waals surface area contributed by atoms with E-state index in [0.29, 0.717) is 6.54 Å². The Hall–Kier alpha value is -1.61. The smallest absolute Gasteiger partial charge is 0.194 e. The number of aliphatic hydroxyl groups is 1. The Balaban J connectivity index is 0.00000243. The van der Waals surface area contributed by atoms with E-state index in [9.17, 15) is 5.11 Å². The van der Waals surface area contributed by atoms with Crippen LogP contribution in [0.15, 0.2) is 47.7 Å². The largest absolute Gasteiger partial charge is 0.393 e. The van der Waals surface area contributed by atoms with Crippen molar-refractivity contribution in [2.45, 2.75) is 39.0 Å². The van der Waals surface area contributed by atoms with E-state index >= 15 is 0 Å². The van der Waals surface area contributed by atoms with Crippen LogP contribution in [0.2, 0.25) is 0 Å². The van der Waals surface area contributed by atoms with Gasteiger partial charge in [0.25, 0.3) is 0 Å². The number of nitrogens with one attached hydrogen (secondary N) is 1. The van der Waals surface area contributed by atoms with Crippen LogP contribution in [0.5, 0.6) is 0 Å². The molecule has 26 heavy (non-hydrogen) atoms. The third-order valence-electron chi connectivity index (χ3n) is 4.47. The van der Waals surface area contributed by atoms with E-state index in [1.54, 1.807) is 0 Å². The molecule has 0 bridgehead atoms. The van der Waals surface area contributed by atoms with Gasteiger partial charge in [0.1, 0.15) is 12.4 Å². The molecule has 0 spiro atoms. The van der Waals surface area contributed by atoms with Crippen molar-refractivity contribution in [3.05, 3.63) is 54.1 Å². The minimum Gasteiger partial charge on any atom is -0.393 e. The van der Waals surface area contributed by atoms with E-state index in [4.69, 9.17) is 4.99 Å². The average Bonchev–Trinajstić information content (AvgIpc) is 3.07. The van der Waals surface area contributed by atoms with Crippen LogP contribution in [0.3, 0.4) is 0 Å². The van der Waals surface area contributed by atoms with Gasteiger partial charge in [-0.15, -0.1) is 24.0 Å². The van der Waals surface area contributed by atoms with Gasteiger partial charge in [0, 0.05) is 38.6 Å². The molecule has 0 amide bonds. The van der Waals surface area contributed by atoms with Gasteiger partial charge < -0.3 is 19.9 Å². The summed E-state index contributed by atoms with van der Waals surface area (Å²) in [5.41, 5.74) is 1.25. The molecule has 0 saturated carbocycles. The second-order valence-corrected chi connectivity index (χ2v) is 6.35. The summed E-state index contributed by atoms with van der Waals surface area (Å²) in [4.78, 5) is 11.5. The predicted octanol–water partition coefficient (Wildman–Crippen LogP) is 2.47. The third kappa shape index (κ3) is 5.70. The second kappa shape index (κ2) is 10.5. The molecule has 1 fully saturated rings. The summed E-state index contributed by atoms with van der Waals surface area (Å²) in [7, 11) is 0. The summed E-state index contributed by atoms with van der Waals surface area (Å²) in [6, 6.07) is 10.4. The van der Waals surface area contributed by atoms with Crippen LogP contribution >= 0.6 is 24.0 Å². The molecule has 1 aromatic heterocycles. The van der Waals surface area contributed by atoms with Crippen molar-refractivity contribution in [1.29, 1.82) is 0 Å². The molecular formula is C19H28IN5O. The first kappa shape index (κ1) is 20.7. The van der Waals surface area contributed by atoms with Crippen LogP contribution in [0, 0.1) is 0 Å². The maximum absolute atomic E-state index is 9.70. The number of rotatable bonds is 5. The lowest BCUT2D eigenvalue weighted by molar-refractivity contribution is 0.108. The molecule has 142 valence electrons. The number of piperidine rings is 1. The second-order valence-electron chi connectivity index (χ2n) is 6.35. The minimum atomic E-state index is -0.177. The van der Waals surface area contributed by atoms with Crippen molar-refractivity contribution in [3.8, 4) is 0 Å². The molecule has 1 aliphatic heterocycles. The fraction of sp³-hybridized carbons (Fsp3) is 0.474. The normalized spacial score (nSPS) is 15.6. The Kier molecular flexibility index (Phi) is 8.37. The first-order chi connectivity index (χ1) is 12.3. The van der Waals surface area contributed by atoms with E-state index in [2.05, 4.69) is 51.0 Å². The highest BCUT2D eigenvalue weighted by Gasteiger charge is 2.19. The number of hydrogen-bond donors (Lipinski definition) is 2. The quantitative estimate of drug-likeness (QED) is 0.401. The molecule has 7 heteroatoms. The van der Waals surface area contributed by atoms with Crippen LogP contribution in [-0.4, -0.2) is 51.3 Å². The molecule has 0 atom stereocenters. The van der Waals surface area contributed by atoms with Crippen LogP contribution in [-0.2, 0) is 13.1 Å². The van der Waals surface area contributed by atoms with Crippen LogP contribution in [0.25, 0.3) is 0 Å². The molecule has 0 aliphatic carbocycles. The number of benzene rings is 1. The molecule has 3 rings (SSSR count). The van der Waals surface area contributed by atoms with Gasteiger partial charge in [-0.05, 0) is 25.3 Å². The summed E-state index contributed by atoms with van der Waals surface area (Å²) in [6.07, 6.45) is 5.25. The van der Waals surface area contributed by atoms with E-state index in [0.717, 1.165) is 50.8 Å². The molecule has 1 aromatic carbocycles. The van der Waals surface area contributed by atoms with Crippen LogP contribution < -0.4 is 5.32 Å². The lowest BCUT2D eigenvalue weighted by Gasteiger charge is -2.32. The highest BCUT2D eigenvalue weighted by molar-refractivity contribution is 14.0. The minimum absolute atomic E-state index is 0. The zero-order valence-electron chi connectivity index (χ0n) is 15.2. The third-order valence-corrected chi connectivity index (χ3v) is 4.47. The zero-order chi connectivity index (χ0) is 17.5. The van der Waals surface area contributed by atoms with Gasteiger partial charge in [-0.1, -0.05) is 30.3 Å². The number of halogens is 1. The fourth-order valence-electron chi connectivity index (χ4n) is 3.06. The number of nitrogens with zero attached hydrogens (tertiary/aromatic N) is 4. The molecule has 1 aliphatic rings. The molecule has 2 N–H and O–H groups in total. The summed E-state index contributed by atoms with van der Waals surface area (Å²) >= 11 is 0. The number of hydrogen-bond acceptors (Lipinski definition) is 3. The number of aromatic nitrogens is 2. The topological polar surface area (TPSA) is 65.7 Å². The Labute approximate surface area is 172 Å². The van der Waals surface area contributed by atoms with Crippen LogP contribution in [0.4, 0.5) is 0 Å². The maximum atomic E-state index is 9.70. The standard InChI is InChI=1S/C19H27N5O.HI/c1-2-20-19(23-11-8-17(25)9-12-23)22-14-18-21-10-13-24(18)15-16-6-4-3-5-7-16;/h3-7,10,13,17,25H,2,8-9,11-12,14-15H2,1H3,(H,20,22);1H. The van der Waals surface area contributed by atoms with Crippen molar-refractivity contribution in [2.24, 2.45) is 4.99 Å². The summed E-state index contributed by atoms with van der Waals surface area (Å²) in [5, 5.41) is 13.1. The van der Waals surface area contributed by atoms with Crippen molar-refractivity contribution in [2.75, 3.05) is 19.6 Å². The zero-order valence-corrected chi connectivity index (χ0v) is 17.5. The van der Waals surface area contributed by atoms with Gasteiger partial charge >= 0.3 is 0 Å². The van der Waals surface area contributed by atoms with Gasteiger partial charge in [0.05, 0.1) is 6.10 Å². The van der Waals surface area contributed by atoms with E-state index in [1.165, 1.54) is 5.56 Å². The number of aliphatic hydroxyl groups excluding tert-OH is 1. The fourth-order valence-corrected chi connectivity index (χ4v) is 3.06. The SMILES string of the molecule is CCNC(=NCc1nccn1Cc1ccccc1)N1CCC(O)CC1.I. The van der Waals surface area contributed by atoms with Gasteiger partial charge in [-0.2, -0.15) is 0 Å². The molecule has 0 radical (unpaired) electrons. The molecular weight excluding hydrogens is 441 g/mol. The van der Waals surface area contributed by atoms with Crippen molar-refractivity contribution >= 4 is 29.9 Å². The van der Waals surface area contributed by atoms with Crippen molar-refractivity contribution in [3.63, 3.8) is 0 Å². The van der Waals surface area contributed by atoms with E-state index in [-0.39, 0.29) is 30.1 Å². The molecule has 0 unspecified atom stereocenters. The molecule has 1 saturated heterocycles. The Morgan fingerprint density at radius 3 is 2.69 bits per heavy atom. The molecule has 2 aromatic rings. The monoisotopic (exact) mass is 469 g/mol. The number of likely N-dealkylation sites (tertiary alicyclic amines) is 1. The lowest BCUT2D eigenvalue weighted by Crippen LogP contribution is -2.46. The van der Waals surface area contributed by atoms with Gasteiger partial charge in [-0.25, -0.2) is 9.98 Å². The summed E-state index contributed by atoms with van der Waals surface area (Å²) in [6.45, 7) is 5.93.